The van der Waals surface area contributed by atoms with Gasteiger partial charge in [-0.2, -0.15) is 0 Å². The molecular weight excluding hydrogens is 366 g/mol. The van der Waals surface area contributed by atoms with Crippen molar-refractivity contribution in [1.82, 2.24) is 5.32 Å². The SMILES string of the molecule is CC(C)[C@H](NC(=O)C12CC3CC(CC(C3)C1)C2)C(=O)OCC(=O)c1ccccc1. The first-order chi connectivity index (χ1) is 13.9. The van der Waals surface area contributed by atoms with E-state index in [9.17, 15) is 14.4 Å². The van der Waals surface area contributed by atoms with Gasteiger partial charge in [-0.3, -0.25) is 9.59 Å². The van der Waals surface area contributed by atoms with E-state index in [1.165, 1.54) is 19.3 Å². The number of hydrogen-bond donors (Lipinski definition) is 1. The molecule has 0 spiro atoms. The molecule has 5 heteroatoms. The Morgan fingerprint density at radius 1 is 1.00 bits per heavy atom. The number of Topliss-reactive ketones (excluding diaryl/α,β-unsaturated/α-hetero) is 1. The van der Waals surface area contributed by atoms with E-state index in [-0.39, 0.29) is 29.6 Å². The first kappa shape index (κ1) is 20.1. The molecule has 5 rings (SSSR count). The Morgan fingerprint density at radius 2 is 1.55 bits per heavy atom. The summed E-state index contributed by atoms with van der Waals surface area (Å²) in [6.07, 6.45) is 6.67. The van der Waals surface area contributed by atoms with Crippen LogP contribution < -0.4 is 5.32 Å². The van der Waals surface area contributed by atoms with Crippen molar-refractivity contribution in [2.45, 2.75) is 58.4 Å². The number of ether oxygens (including phenoxy) is 1. The van der Waals surface area contributed by atoms with Gasteiger partial charge in [0.25, 0.3) is 0 Å². The predicted molar refractivity (Wildman–Crippen MR) is 109 cm³/mol. The highest BCUT2D eigenvalue weighted by atomic mass is 16.5. The lowest BCUT2D eigenvalue weighted by Gasteiger charge is -2.55. The molecule has 4 saturated carbocycles. The third-order valence-electron chi connectivity index (χ3n) is 7.17. The fourth-order valence-corrected chi connectivity index (χ4v) is 6.11. The van der Waals surface area contributed by atoms with Gasteiger partial charge in [0, 0.05) is 11.0 Å². The minimum Gasteiger partial charge on any atom is -0.456 e. The topological polar surface area (TPSA) is 72.5 Å². The van der Waals surface area contributed by atoms with Crippen LogP contribution in [0.2, 0.25) is 0 Å². The van der Waals surface area contributed by atoms with Crippen molar-refractivity contribution in [1.29, 1.82) is 0 Å². The van der Waals surface area contributed by atoms with Crippen molar-refractivity contribution < 1.29 is 19.1 Å². The number of esters is 1. The maximum atomic E-state index is 13.3. The van der Waals surface area contributed by atoms with Gasteiger partial charge in [-0.1, -0.05) is 44.2 Å². The van der Waals surface area contributed by atoms with Crippen LogP contribution in [0.15, 0.2) is 30.3 Å². The summed E-state index contributed by atoms with van der Waals surface area (Å²) in [6, 6.07) is 8.06. The summed E-state index contributed by atoms with van der Waals surface area (Å²) in [7, 11) is 0. The normalized spacial score (nSPS) is 30.8. The highest BCUT2D eigenvalue weighted by molar-refractivity contribution is 5.98. The molecule has 29 heavy (non-hydrogen) atoms. The van der Waals surface area contributed by atoms with Gasteiger partial charge in [0.05, 0.1) is 0 Å². The minimum absolute atomic E-state index is 0.0154. The maximum absolute atomic E-state index is 13.3. The largest absolute Gasteiger partial charge is 0.456 e. The van der Waals surface area contributed by atoms with E-state index in [1.54, 1.807) is 24.3 Å². The van der Waals surface area contributed by atoms with E-state index in [0.717, 1.165) is 19.3 Å². The molecule has 156 valence electrons. The molecular formula is C24H31NO4. The molecule has 0 heterocycles. The van der Waals surface area contributed by atoms with Gasteiger partial charge in [0.2, 0.25) is 5.91 Å². The first-order valence-electron chi connectivity index (χ1n) is 10.9. The van der Waals surface area contributed by atoms with Crippen LogP contribution in [-0.2, 0) is 14.3 Å². The minimum atomic E-state index is -0.723. The summed E-state index contributed by atoms with van der Waals surface area (Å²) >= 11 is 0. The van der Waals surface area contributed by atoms with Crippen molar-refractivity contribution in [3.8, 4) is 0 Å². The van der Waals surface area contributed by atoms with E-state index in [4.69, 9.17) is 4.74 Å². The molecule has 1 amide bonds. The molecule has 1 N–H and O–H groups in total. The molecule has 4 bridgehead atoms. The van der Waals surface area contributed by atoms with Gasteiger partial charge < -0.3 is 10.1 Å². The molecule has 0 saturated heterocycles. The van der Waals surface area contributed by atoms with Gasteiger partial charge >= 0.3 is 5.97 Å². The Labute approximate surface area is 172 Å². The summed E-state index contributed by atoms with van der Waals surface area (Å²) in [5, 5.41) is 3.01. The highest BCUT2D eigenvalue weighted by Gasteiger charge is 2.55. The van der Waals surface area contributed by atoms with Crippen LogP contribution in [0, 0.1) is 29.1 Å². The number of ketones is 1. The lowest BCUT2D eigenvalue weighted by atomic mass is 9.49. The van der Waals surface area contributed by atoms with Crippen LogP contribution in [0.4, 0.5) is 0 Å². The van der Waals surface area contributed by atoms with Crippen molar-refractivity contribution in [3.05, 3.63) is 35.9 Å². The van der Waals surface area contributed by atoms with Crippen LogP contribution in [0.25, 0.3) is 0 Å². The Kier molecular flexibility index (Phi) is 5.50. The number of nitrogens with one attached hydrogen (secondary N) is 1. The monoisotopic (exact) mass is 397 g/mol. The van der Waals surface area contributed by atoms with Crippen LogP contribution >= 0.6 is 0 Å². The zero-order valence-electron chi connectivity index (χ0n) is 17.4. The molecule has 4 aliphatic carbocycles. The molecule has 1 aromatic rings. The summed E-state index contributed by atoms with van der Waals surface area (Å²) in [6.45, 7) is 3.48. The number of rotatable bonds is 7. The summed E-state index contributed by atoms with van der Waals surface area (Å²) in [5.74, 6) is 1.14. The Hall–Kier alpha value is -2.17. The second-order valence-electron chi connectivity index (χ2n) is 9.79. The fraction of sp³-hybridized carbons (Fsp3) is 0.625. The van der Waals surface area contributed by atoms with Gasteiger partial charge in [0.15, 0.2) is 12.4 Å². The number of amides is 1. The fourth-order valence-electron chi connectivity index (χ4n) is 6.11. The standard InChI is InChI=1S/C24H31NO4/c1-15(2)21(22(27)29-14-20(26)19-6-4-3-5-7-19)25-23(28)24-11-16-8-17(12-24)10-18(9-16)13-24/h3-7,15-18,21H,8-14H2,1-2H3,(H,25,28)/t16?,17?,18?,21-,24?/m0/s1. The molecule has 0 unspecified atom stereocenters. The average Bonchev–Trinajstić information content (AvgIpc) is 2.69. The Morgan fingerprint density at radius 3 is 2.07 bits per heavy atom. The number of carbonyl (C=O) groups is 3. The molecule has 1 aromatic carbocycles. The Bertz CT molecular complexity index is 750. The zero-order chi connectivity index (χ0) is 20.6. The molecule has 5 nitrogen and oxygen atoms in total. The van der Waals surface area contributed by atoms with Gasteiger partial charge in [0.1, 0.15) is 6.04 Å². The van der Waals surface area contributed by atoms with Crippen molar-refractivity contribution in [2.75, 3.05) is 6.61 Å². The highest BCUT2D eigenvalue weighted by Crippen LogP contribution is 2.60. The molecule has 4 fully saturated rings. The molecule has 4 aliphatic rings. The third-order valence-corrected chi connectivity index (χ3v) is 7.17. The third kappa shape index (κ3) is 4.10. The lowest BCUT2D eigenvalue weighted by Crippen LogP contribution is -2.57. The van der Waals surface area contributed by atoms with E-state index < -0.39 is 12.0 Å². The quantitative estimate of drug-likeness (QED) is 0.561. The average molecular weight is 398 g/mol. The molecule has 1 atom stereocenters. The summed E-state index contributed by atoms with van der Waals surface area (Å²) in [4.78, 5) is 38.2. The zero-order valence-corrected chi connectivity index (χ0v) is 17.4. The smallest absolute Gasteiger partial charge is 0.329 e. The summed E-state index contributed by atoms with van der Waals surface area (Å²) in [5.41, 5.74) is 0.209. The van der Waals surface area contributed by atoms with Crippen LogP contribution in [0.3, 0.4) is 0 Å². The van der Waals surface area contributed by atoms with Crippen molar-refractivity contribution in [3.63, 3.8) is 0 Å². The van der Waals surface area contributed by atoms with E-state index in [2.05, 4.69) is 5.32 Å². The first-order valence-corrected chi connectivity index (χ1v) is 10.9. The van der Waals surface area contributed by atoms with Crippen LogP contribution in [0.5, 0.6) is 0 Å². The lowest BCUT2D eigenvalue weighted by molar-refractivity contribution is -0.154. The van der Waals surface area contributed by atoms with Gasteiger partial charge in [-0.25, -0.2) is 4.79 Å². The van der Waals surface area contributed by atoms with Gasteiger partial charge in [-0.05, 0) is 62.2 Å². The van der Waals surface area contributed by atoms with Crippen molar-refractivity contribution >= 4 is 17.7 Å². The predicted octanol–water partition coefficient (Wildman–Crippen LogP) is 3.77. The number of carbonyl (C=O) groups excluding carboxylic acids is 3. The maximum Gasteiger partial charge on any atom is 0.329 e. The summed E-state index contributed by atoms with van der Waals surface area (Å²) < 4.78 is 5.30. The molecule has 0 aliphatic heterocycles. The van der Waals surface area contributed by atoms with Gasteiger partial charge in [-0.15, -0.1) is 0 Å². The van der Waals surface area contributed by atoms with E-state index >= 15 is 0 Å². The van der Waals surface area contributed by atoms with Crippen LogP contribution in [0.1, 0.15) is 62.7 Å². The molecule has 0 aromatic heterocycles. The van der Waals surface area contributed by atoms with Crippen molar-refractivity contribution in [2.24, 2.45) is 29.1 Å². The second-order valence-corrected chi connectivity index (χ2v) is 9.79. The van der Waals surface area contributed by atoms with E-state index in [0.29, 0.717) is 23.3 Å². The van der Waals surface area contributed by atoms with Crippen LogP contribution in [-0.4, -0.2) is 30.3 Å². The van der Waals surface area contributed by atoms with E-state index in [1.807, 2.05) is 19.9 Å². The number of hydrogen-bond acceptors (Lipinski definition) is 4. The number of benzene rings is 1. The Balaban J connectivity index is 1.38. The second kappa shape index (κ2) is 7.92. The molecule has 0 radical (unpaired) electrons.